The van der Waals surface area contributed by atoms with Crippen LogP contribution in [-0.2, 0) is 16.4 Å². The third-order valence-electron chi connectivity index (χ3n) is 4.12. The van der Waals surface area contributed by atoms with Crippen LogP contribution in [0.25, 0.3) is 0 Å². The maximum atomic E-state index is 12.6. The second-order valence-corrected chi connectivity index (χ2v) is 7.94. The lowest BCUT2D eigenvalue weighted by molar-refractivity contribution is 0.349. The van der Waals surface area contributed by atoms with Crippen LogP contribution in [0.5, 0.6) is 0 Å². The molecule has 1 aliphatic heterocycles. The molecule has 0 saturated carbocycles. The highest BCUT2D eigenvalue weighted by Gasteiger charge is 2.38. The van der Waals surface area contributed by atoms with Crippen LogP contribution in [0.1, 0.15) is 32.3 Å². The molecule has 0 aliphatic carbocycles. The van der Waals surface area contributed by atoms with Crippen LogP contribution >= 0.6 is 12.4 Å². The highest BCUT2D eigenvalue weighted by molar-refractivity contribution is 7.89. The van der Waals surface area contributed by atoms with Crippen LogP contribution in [0.15, 0.2) is 29.2 Å². The highest BCUT2D eigenvalue weighted by atomic mass is 35.5. The number of hydrogen-bond acceptors (Lipinski definition) is 3. The summed E-state index contributed by atoms with van der Waals surface area (Å²) >= 11 is 0. The Kier molecular flexibility index (Phi) is 6.23. The van der Waals surface area contributed by atoms with Crippen LogP contribution in [-0.4, -0.2) is 32.4 Å². The summed E-state index contributed by atoms with van der Waals surface area (Å²) < 4.78 is 26.7. The van der Waals surface area contributed by atoms with Crippen molar-refractivity contribution in [2.24, 2.45) is 11.1 Å². The Bertz CT molecular complexity index is 560. The molecule has 1 saturated heterocycles. The van der Waals surface area contributed by atoms with Gasteiger partial charge in [-0.3, -0.25) is 0 Å². The molecule has 21 heavy (non-hydrogen) atoms. The molecule has 2 rings (SSSR count). The Morgan fingerprint density at radius 3 is 2.38 bits per heavy atom. The molecule has 120 valence electrons. The molecule has 2 N–H and O–H groups in total. The third kappa shape index (κ3) is 3.97. The maximum absolute atomic E-state index is 12.6. The van der Waals surface area contributed by atoms with Crippen LogP contribution < -0.4 is 5.73 Å². The number of sulfonamides is 1. The Hall–Kier alpha value is -0.620. The smallest absolute Gasteiger partial charge is 0.243 e. The van der Waals surface area contributed by atoms with Crippen molar-refractivity contribution in [1.82, 2.24) is 4.31 Å². The van der Waals surface area contributed by atoms with E-state index in [9.17, 15) is 8.42 Å². The predicted molar refractivity (Wildman–Crippen MR) is 88.2 cm³/mol. The minimum absolute atomic E-state index is 0. The first-order valence-electron chi connectivity index (χ1n) is 7.20. The van der Waals surface area contributed by atoms with Crippen molar-refractivity contribution < 1.29 is 8.42 Å². The molecule has 0 radical (unpaired) electrons. The summed E-state index contributed by atoms with van der Waals surface area (Å²) in [5.74, 6) is 0. The number of benzene rings is 1. The molecule has 1 aromatic carbocycles. The summed E-state index contributed by atoms with van der Waals surface area (Å²) in [7, 11) is -3.37. The lowest BCUT2D eigenvalue weighted by atomic mass is 9.90. The van der Waals surface area contributed by atoms with Crippen LogP contribution in [0.3, 0.4) is 0 Å². The van der Waals surface area contributed by atoms with E-state index in [2.05, 4.69) is 6.92 Å². The Morgan fingerprint density at radius 2 is 1.90 bits per heavy atom. The lowest BCUT2D eigenvalue weighted by Gasteiger charge is -2.22. The van der Waals surface area contributed by atoms with Gasteiger partial charge in [-0.05, 0) is 42.5 Å². The molecule has 1 fully saturated rings. The van der Waals surface area contributed by atoms with Gasteiger partial charge in [0.15, 0.2) is 0 Å². The molecule has 1 aliphatic rings. The van der Waals surface area contributed by atoms with Crippen molar-refractivity contribution in [2.75, 3.05) is 19.6 Å². The molecule has 6 heteroatoms. The molecule has 4 nitrogen and oxygen atoms in total. The highest BCUT2D eigenvalue weighted by Crippen LogP contribution is 2.32. The standard InChI is InChI=1S/C15H24N2O2S.ClH/c1-3-4-13-5-7-14(8-6-13)20(18,19)17-10-9-15(2,11-16)12-17;/h5-8H,3-4,9-12,16H2,1-2H3;1H. The van der Waals surface area contributed by atoms with Gasteiger partial charge in [0, 0.05) is 13.1 Å². The number of nitrogens with zero attached hydrogens (tertiary/aromatic N) is 1. The van der Waals surface area contributed by atoms with E-state index in [4.69, 9.17) is 5.73 Å². The van der Waals surface area contributed by atoms with E-state index in [0.29, 0.717) is 24.5 Å². The van der Waals surface area contributed by atoms with E-state index in [1.54, 1.807) is 16.4 Å². The van der Waals surface area contributed by atoms with Gasteiger partial charge in [-0.15, -0.1) is 12.4 Å². The van der Waals surface area contributed by atoms with Gasteiger partial charge in [0.2, 0.25) is 10.0 Å². The van der Waals surface area contributed by atoms with Gasteiger partial charge in [-0.1, -0.05) is 32.4 Å². The van der Waals surface area contributed by atoms with Gasteiger partial charge < -0.3 is 5.73 Å². The largest absolute Gasteiger partial charge is 0.330 e. The minimum atomic E-state index is -3.37. The summed E-state index contributed by atoms with van der Waals surface area (Å²) in [6.07, 6.45) is 2.87. The van der Waals surface area contributed by atoms with Gasteiger partial charge in [0.1, 0.15) is 0 Å². The zero-order valence-corrected chi connectivity index (χ0v) is 14.3. The zero-order chi connectivity index (χ0) is 14.8. The number of nitrogens with two attached hydrogens (primary N) is 1. The first-order valence-corrected chi connectivity index (χ1v) is 8.64. The van der Waals surface area contributed by atoms with Crippen LogP contribution in [0, 0.1) is 5.41 Å². The molecule has 0 amide bonds. The third-order valence-corrected chi connectivity index (χ3v) is 5.97. The van der Waals surface area contributed by atoms with Crippen molar-refractivity contribution in [3.63, 3.8) is 0 Å². The molecular weight excluding hydrogens is 308 g/mol. The maximum Gasteiger partial charge on any atom is 0.243 e. The summed E-state index contributed by atoms with van der Waals surface area (Å²) in [5.41, 5.74) is 6.84. The number of hydrogen-bond donors (Lipinski definition) is 1. The second-order valence-electron chi connectivity index (χ2n) is 6.00. The topological polar surface area (TPSA) is 63.4 Å². The van der Waals surface area contributed by atoms with Gasteiger partial charge in [0.25, 0.3) is 0 Å². The summed E-state index contributed by atoms with van der Waals surface area (Å²) in [5, 5.41) is 0. The van der Waals surface area contributed by atoms with Crippen molar-refractivity contribution in [3.05, 3.63) is 29.8 Å². The summed E-state index contributed by atoms with van der Waals surface area (Å²) in [4.78, 5) is 0.388. The summed E-state index contributed by atoms with van der Waals surface area (Å²) in [6, 6.07) is 7.26. The molecule has 1 aromatic rings. The molecule has 1 unspecified atom stereocenters. The van der Waals surface area contributed by atoms with Crippen LogP contribution in [0.2, 0.25) is 0 Å². The zero-order valence-electron chi connectivity index (χ0n) is 12.7. The molecule has 0 bridgehead atoms. The first kappa shape index (κ1) is 18.4. The van der Waals surface area contributed by atoms with Crippen molar-refractivity contribution in [2.45, 2.75) is 38.0 Å². The fourth-order valence-corrected chi connectivity index (χ4v) is 4.21. The minimum Gasteiger partial charge on any atom is -0.330 e. The van der Waals surface area contributed by atoms with Gasteiger partial charge in [-0.2, -0.15) is 4.31 Å². The molecule has 0 spiro atoms. The average Bonchev–Trinajstić information content (AvgIpc) is 2.84. The number of rotatable bonds is 5. The first-order chi connectivity index (χ1) is 9.41. The number of halogens is 1. The van der Waals surface area contributed by atoms with Gasteiger partial charge in [-0.25, -0.2) is 8.42 Å². The fourth-order valence-electron chi connectivity index (χ4n) is 2.62. The normalized spacial score (nSPS) is 23.0. The SMILES string of the molecule is CCCc1ccc(S(=O)(=O)N2CCC(C)(CN)C2)cc1.Cl. The van der Waals surface area contributed by atoms with E-state index in [1.807, 2.05) is 19.1 Å². The van der Waals surface area contributed by atoms with E-state index < -0.39 is 10.0 Å². The van der Waals surface area contributed by atoms with Crippen molar-refractivity contribution >= 4 is 22.4 Å². The molecule has 0 aromatic heterocycles. The molecule has 1 heterocycles. The van der Waals surface area contributed by atoms with E-state index >= 15 is 0 Å². The second kappa shape index (κ2) is 7.09. The number of aryl methyl sites for hydroxylation is 1. The van der Waals surface area contributed by atoms with Gasteiger partial charge >= 0.3 is 0 Å². The quantitative estimate of drug-likeness (QED) is 0.900. The molecular formula is C15H25ClN2O2S. The summed E-state index contributed by atoms with van der Waals surface area (Å²) in [6.45, 7) is 5.76. The predicted octanol–water partition coefficient (Wildman–Crippen LogP) is 2.42. The van der Waals surface area contributed by atoms with Gasteiger partial charge in [0.05, 0.1) is 4.90 Å². The lowest BCUT2D eigenvalue weighted by Crippen LogP contribution is -2.34. The fraction of sp³-hybridized carbons (Fsp3) is 0.600. The Labute approximate surface area is 134 Å². The Morgan fingerprint density at radius 1 is 1.29 bits per heavy atom. The van der Waals surface area contributed by atoms with E-state index in [1.165, 1.54) is 5.56 Å². The Balaban J connectivity index is 0.00000220. The monoisotopic (exact) mass is 332 g/mol. The van der Waals surface area contributed by atoms with Crippen LogP contribution in [0.4, 0.5) is 0 Å². The van der Waals surface area contributed by atoms with Crippen molar-refractivity contribution in [3.8, 4) is 0 Å². The van der Waals surface area contributed by atoms with E-state index in [0.717, 1.165) is 19.3 Å². The molecule has 1 atom stereocenters. The average molecular weight is 333 g/mol. The van der Waals surface area contributed by atoms with E-state index in [-0.39, 0.29) is 17.8 Å². The van der Waals surface area contributed by atoms with Crippen molar-refractivity contribution in [1.29, 1.82) is 0 Å².